The lowest BCUT2D eigenvalue weighted by molar-refractivity contribution is -0.318. The van der Waals surface area contributed by atoms with Gasteiger partial charge in [-0.1, -0.05) is 13.0 Å². The second-order valence-corrected chi connectivity index (χ2v) is 7.57. The molecular weight excluding hydrogens is 361 g/mol. The molecule has 1 aromatic rings. The molecule has 5 nitrogen and oxygen atoms in total. The molecule has 27 heavy (non-hydrogen) atoms. The van der Waals surface area contributed by atoms with E-state index in [1.165, 1.54) is 0 Å². The highest BCUT2D eigenvalue weighted by atomic mass is 19.4. The summed E-state index contributed by atoms with van der Waals surface area (Å²) in [6.07, 6.45) is -3.86. The van der Waals surface area contributed by atoms with Gasteiger partial charge in [0, 0.05) is 5.71 Å². The van der Waals surface area contributed by atoms with Gasteiger partial charge in [-0.2, -0.15) is 23.3 Å². The van der Waals surface area contributed by atoms with Gasteiger partial charge in [-0.05, 0) is 62.3 Å². The molecule has 1 amide bonds. The summed E-state index contributed by atoms with van der Waals surface area (Å²) < 4.78 is 46.7. The SMILES string of the molecule is Cc1cc(C)cc(OCC(=O)N2N=C3CC[C@H](C)C[C@H]3[C@@]2(O)C(F)(F)F)c1. The Morgan fingerprint density at radius 1 is 1.33 bits per heavy atom. The molecule has 148 valence electrons. The van der Waals surface area contributed by atoms with E-state index in [-0.39, 0.29) is 23.1 Å². The Balaban J connectivity index is 1.82. The highest BCUT2D eigenvalue weighted by Gasteiger charge is 2.68. The molecule has 0 spiro atoms. The lowest BCUT2D eigenvalue weighted by Gasteiger charge is -2.39. The predicted molar refractivity (Wildman–Crippen MR) is 93.2 cm³/mol. The molecule has 8 heteroatoms. The molecule has 1 fully saturated rings. The van der Waals surface area contributed by atoms with E-state index < -0.39 is 30.3 Å². The molecule has 1 aromatic carbocycles. The Hall–Kier alpha value is -2.09. The number of carbonyl (C=O) groups excluding carboxylic acids is 1. The van der Waals surface area contributed by atoms with Crippen LogP contribution in [0.15, 0.2) is 23.3 Å². The Kier molecular flexibility index (Phi) is 4.96. The summed E-state index contributed by atoms with van der Waals surface area (Å²) in [5, 5.41) is 14.6. The Bertz CT molecular complexity index is 758. The van der Waals surface area contributed by atoms with Crippen molar-refractivity contribution in [2.75, 3.05) is 6.61 Å². The standard InChI is InChI=1S/C19H23F3N2O3/c1-11-4-5-16-15(9-11)18(26,19(20,21)22)24(23-16)17(25)10-27-14-7-12(2)6-13(3)8-14/h6-8,11,15,26H,4-5,9-10H2,1-3H3/t11-,15+,18+/m0/s1. The smallest absolute Gasteiger partial charge is 0.439 e. The van der Waals surface area contributed by atoms with E-state index in [9.17, 15) is 23.1 Å². The molecule has 1 saturated carbocycles. The third-order valence-electron chi connectivity index (χ3n) is 5.18. The van der Waals surface area contributed by atoms with Crippen molar-refractivity contribution >= 4 is 11.6 Å². The fourth-order valence-electron chi connectivity index (χ4n) is 3.88. The maximum Gasteiger partial charge on any atom is 0.439 e. The summed E-state index contributed by atoms with van der Waals surface area (Å²) >= 11 is 0. The maximum atomic E-state index is 13.8. The van der Waals surface area contributed by atoms with E-state index in [4.69, 9.17) is 4.74 Å². The number of benzene rings is 1. The summed E-state index contributed by atoms with van der Waals surface area (Å²) in [5.74, 6) is -1.85. The fraction of sp³-hybridized carbons (Fsp3) is 0.579. The maximum absolute atomic E-state index is 13.8. The number of rotatable bonds is 3. The van der Waals surface area contributed by atoms with Gasteiger partial charge in [-0.25, -0.2) is 0 Å². The molecule has 2 aliphatic rings. The van der Waals surface area contributed by atoms with Crippen LogP contribution in [-0.4, -0.2) is 40.2 Å². The molecule has 0 unspecified atom stereocenters. The minimum atomic E-state index is -5.02. The van der Waals surface area contributed by atoms with Crippen molar-refractivity contribution in [3.05, 3.63) is 29.3 Å². The first-order valence-electron chi connectivity index (χ1n) is 8.93. The molecule has 3 atom stereocenters. The van der Waals surface area contributed by atoms with Crippen molar-refractivity contribution in [1.29, 1.82) is 0 Å². The first-order valence-corrected chi connectivity index (χ1v) is 8.93. The molecule has 3 rings (SSSR count). The number of aryl methyl sites for hydroxylation is 2. The molecular formula is C19H23F3N2O3. The second kappa shape index (κ2) is 6.82. The molecule has 0 radical (unpaired) electrons. The number of ether oxygens (including phenoxy) is 1. The Labute approximate surface area is 155 Å². The molecule has 0 aromatic heterocycles. The van der Waals surface area contributed by atoms with Gasteiger partial charge in [0.15, 0.2) is 6.61 Å². The zero-order chi connectivity index (χ0) is 20.0. The summed E-state index contributed by atoms with van der Waals surface area (Å²) in [6, 6.07) is 5.29. The number of alkyl halides is 3. The van der Waals surface area contributed by atoms with Crippen LogP contribution in [0.25, 0.3) is 0 Å². The summed E-state index contributed by atoms with van der Waals surface area (Å²) in [7, 11) is 0. The number of nitrogens with zero attached hydrogens (tertiary/aromatic N) is 2. The van der Waals surface area contributed by atoms with E-state index in [0.29, 0.717) is 18.6 Å². The Morgan fingerprint density at radius 3 is 2.56 bits per heavy atom. The van der Waals surface area contributed by atoms with Crippen molar-refractivity contribution in [3.8, 4) is 5.75 Å². The lowest BCUT2D eigenvalue weighted by Crippen LogP contribution is -2.62. The lowest BCUT2D eigenvalue weighted by atomic mass is 9.76. The average molecular weight is 384 g/mol. The summed E-state index contributed by atoms with van der Waals surface area (Å²) in [4.78, 5) is 12.5. The average Bonchev–Trinajstić information content (AvgIpc) is 2.85. The van der Waals surface area contributed by atoms with Gasteiger partial charge in [-0.3, -0.25) is 4.79 Å². The number of hydrogen-bond donors (Lipinski definition) is 1. The highest BCUT2D eigenvalue weighted by molar-refractivity contribution is 5.93. The fourth-order valence-corrected chi connectivity index (χ4v) is 3.88. The van der Waals surface area contributed by atoms with Crippen LogP contribution >= 0.6 is 0 Å². The highest BCUT2D eigenvalue weighted by Crippen LogP contribution is 2.49. The van der Waals surface area contributed by atoms with Crippen molar-refractivity contribution in [1.82, 2.24) is 5.01 Å². The topological polar surface area (TPSA) is 62.1 Å². The first-order chi connectivity index (χ1) is 12.5. The van der Waals surface area contributed by atoms with Crippen LogP contribution in [0.5, 0.6) is 5.75 Å². The minimum Gasteiger partial charge on any atom is -0.484 e. The van der Waals surface area contributed by atoms with Crippen LogP contribution in [-0.2, 0) is 4.79 Å². The van der Waals surface area contributed by atoms with Crippen LogP contribution < -0.4 is 4.74 Å². The van der Waals surface area contributed by atoms with Crippen molar-refractivity contribution < 1.29 is 27.8 Å². The summed E-state index contributed by atoms with van der Waals surface area (Å²) in [5.41, 5.74) is -1.27. The first kappa shape index (κ1) is 19.7. The van der Waals surface area contributed by atoms with Crippen LogP contribution in [0.1, 0.15) is 37.3 Å². The number of amides is 1. The predicted octanol–water partition coefficient (Wildman–Crippen LogP) is 3.57. The van der Waals surface area contributed by atoms with Gasteiger partial charge in [0.25, 0.3) is 11.6 Å². The number of aliphatic hydroxyl groups is 1. The molecule has 1 N–H and O–H groups in total. The van der Waals surface area contributed by atoms with E-state index >= 15 is 0 Å². The van der Waals surface area contributed by atoms with E-state index in [1.807, 2.05) is 26.8 Å². The van der Waals surface area contributed by atoms with E-state index in [1.54, 1.807) is 12.1 Å². The normalized spacial score (nSPS) is 28.0. The molecule has 1 aliphatic heterocycles. The van der Waals surface area contributed by atoms with Crippen molar-refractivity contribution in [3.63, 3.8) is 0 Å². The van der Waals surface area contributed by atoms with Gasteiger partial charge in [0.05, 0.1) is 5.92 Å². The van der Waals surface area contributed by atoms with Crippen LogP contribution in [0.2, 0.25) is 0 Å². The van der Waals surface area contributed by atoms with Crippen LogP contribution in [0, 0.1) is 25.7 Å². The van der Waals surface area contributed by atoms with Crippen molar-refractivity contribution in [2.24, 2.45) is 16.9 Å². The van der Waals surface area contributed by atoms with E-state index in [0.717, 1.165) is 11.1 Å². The zero-order valence-electron chi connectivity index (χ0n) is 15.5. The zero-order valence-corrected chi connectivity index (χ0v) is 15.5. The van der Waals surface area contributed by atoms with Gasteiger partial charge < -0.3 is 9.84 Å². The molecule has 1 heterocycles. The van der Waals surface area contributed by atoms with Gasteiger partial charge in [-0.15, -0.1) is 0 Å². The summed E-state index contributed by atoms with van der Waals surface area (Å²) in [6.45, 7) is 4.90. The third kappa shape index (κ3) is 3.54. The molecule has 0 bridgehead atoms. The number of carbonyl (C=O) groups is 1. The number of fused-ring (bicyclic) bond motifs is 1. The van der Waals surface area contributed by atoms with Gasteiger partial charge in [0.1, 0.15) is 5.75 Å². The largest absolute Gasteiger partial charge is 0.484 e. The van der Waals surface area contributed by atoms with Crippen molar-refractivity contribution in [2.45, 2.75) is 51.9 Å². The number of halogens is 3. The molecule has 1 aliphatic carbocycles. The van der Waals surface area contributed by atoms with Crippen LogP contribution in [0.4, 0.5) is 13.2 Å². The Morgan fingerprint density at radius 2 is 1.96 bits per heavy atom. The number of hydrogen-bond acceptors (Lipinski definition) is 4. The molecule has 0 saturated heterocycles. The monoisotopic (exact) mass is 384 g/mol. The van der Waals surface area contributed by atoms with Gasteiger partial charge >= 0.3 is 6.18 Å². The quantitative estimate of drug-likeness (QED) is 0.867. The third-order valence-corrected chi connectivity index (χ3v) is 5.18. The second-order valence-electron chi connectivity index (χ2n) is 7.57. The van der Waals surface area contributed by atoms with Crippen LogP contribution in [0.3, 0.4) is 0 Å². The minimum absolute atomic E-state index is 0.0180. The van der Waals surface area contributed by atoms with E-state index in [2.05, 4.69) is 5.10 Å². The van der Waals surface area contributed by atoms with Gasteiger partial charge in [0.2, 0.25) is 0 Å². The number of hydrazone groups is 1.